The van der Waals surface area contributed by atoms with Crippen LogP contribution in [0.25, 0.3) is 0 Å². The van der Waals surface area contributed by atoms with Crippen molar-refractivity contribution in [3.63, 3.8) is 0 Å². The number of methoxy groups -OCH3 is 1. The molecule has 0 saturated carbocycles. The van der Waals surface area contributed by atoms with Crippen molar-refractivity contribution in [2.75, 3.05) is 13.7 Å². The molecule has 0 radical (unpaired) electrons. The second-order valence-corrected chi connectivity index (χ2v) is 3.87. The van der Waals surface area contributed by atoms with Gasteiger partial charge in [-0.2, -0.15) is 0 Å². The van der Waals surface area contributed by atoms with Crippen molar-refractivity contribution in [1.29, 1.82) is 0 Å². The van der Waals surface area contributed by atoms with E-state index >= 15 is 0 Å². The van der Waals surface area contributed by atoms with Crippen molar-refractivity contribution < 1.29 is 19.1 Å². The summed E-state index contributed by atoms with van der Waals surface area (Å²) in [4.78, 5) is 20.6. The molecule has 1 rings (SSSR count). The fourth-order valence-electron chi connectivity index (χ4n) is 1.23. The number of hydrogen-bond donors (Lipinski definition) is 0. The molecule has 1 aromatic carbocycles. The Morgan fingerprint density at radius 2 is 1.70 bits per heavy atom. The molecule has 0 N–H and O–H groups in total. The number of carbonyl (C=O) groups excluding carboxylic acids is 2. The molecule has 1 aromatic rings. The van der Waals surface area contributed by atoms with Gasteiger partial charge in [0.25, 0.3) is 0 Å². The summed E-state index contributed by atoms with van der Waals surface area (Å²) in [5.41, 5.74) is 1.17. The van der Waals surface area contributed by atoms with Crippen LogP contribution in [0.4, 0.5) is 0 Å². The second-order valence-electron chi connectivity index (χ2n) is 3.87. The molecule has 0 aliphatic rings. The molecule has 4 heteroatoms. The Morgan fingerprint density at radius 3 is 2.10 bits per heavy atom. The molecule has 0 saturated heterocycles. The molecule has 1 atom stereocenters. The molecule has 108 valence electrons. The summed E-state index contributed by atoms with van der Waals surface area (Å²) >= 11 is 0. The number of hydrogen-bond acceptors (Lipinski definition) is 4. The third-order valence-corrected chi connectivity index (χ3v) is 2.38. The van der Waals surface area contributed by atoms with Gasteiger partial charge >= 0.3 is 11.9 Å². The van der Waals surface area contributed by atoms with Gasteiger partial charge in [0, 0.05) is 18.1 Å². The highest BCUT2D eigenvalue weighted by molar-refractivity contribution is 5.81. The third kappa shape index (κ3) is 7.87. The summed E-state index contributed by atoms with van der Waals surface area (Å²) in [5, 5.41) is 0. The van der Waals surface area contributed by atoms with Crippen LogP contribution >= 0.6 is 0 Å². The Labute approximate surface area is 119 Å². The number of benzene rings is 1. The second kappa shape index (κ2) is 10.6. The first kappa shape index (κ1) is 17.6. The van der Waals surface area contributed by atoms with Gasteiger partial charge in [0.2, 0.25) is 0 Å². The largest absolute Gasteiger partial charge is 0.466 e. The van der Waals surface area contributed by atoms with E-state index in [-0.39, 0.29) is 11.9 Å². The monoisotopic (exact) mass is 276 g/mol. The highest BCUT2D eigenvalue weighted by Gasteiger charge is 2.06. The van der Waals surface area contributed by atoms with Crippen LogP contribution in [0.3, 0.4) is 0 Å². The molecule has 0 aromatic heterocycles. The van der Waals surface area contributed by atoms with Gasteiger partial charge in [-0.1, -0.05) is 50.4 Å². The Balaban J connectivity index is 0.000000511. The van der Waals surface area contributed by atoms with E-state index in [0.29, 0.717) is 6.61 Å². The Morgan fingerprint density at radius 1 is 1.15 bits per heavy atom. The van der Waals surface area contributed by atoms with Gasteiger partial charge in [0.15, 0.2) is 0 Å². The molecule has 0 bridgehead atoms. The molecular weight excluding hydrogens is 256 g/mol. The fraction of sp³-hybridized carbons (Fsp3) is 0.250. The number of rotatable bonds is 5. The maximum absolute atomic E-state index is 10.8. The van der Waals surface area contributed by atoms with Crippen molar-refractivity contribution in [3.8, 4) is 0 Å². The first-order chi connectivity index (χ1) is 9.54. The SMILES string of the molecule is C=CC(=O)OC.C=CC(=O)OCC(C)c1ccccc1. The maximum atomic E-state index is 10.8. The van der Waals surface area contributed by atoms with Gasteiger partial charge in [-0.25, -0.2) is 9.59 Å². The van der Waals surface area contributed by atoms with Crippen molar-refractivity contribution in [2.45, 2.75) is 12.8 Å². The predicted molar refractivity (Wildman–Crippen MR) is 78.2 cm³/mol. The van der Waals surface area contributed by atoms with E-state index in [1.807, 2.05) is 37.3 Å². The van der Waals surface area contributed by atoms with E-state index < -0.39 is 5.97 Å². The number of carbonyl (C=O) groups is 2. The Bertz CT molecular complexity index is 437. The lowest BCUT2D eigenvalue weighted by atomic mass is 10.0. The quantitative estimate of drug-likeness (QED) is 0.613. The summed E-state index contributed by atoms with van der Waals surface area (Å²) in [6.07, 6.45) is 2.29. The minimum atomic E-state index is -0.394. The molecule has 0 amide bonds. The van der Waals surface area contributed by atoms with Crippen LogP contribution in [0.1, 0.15) is 18.4 Å². The van der Waals surface area contributed by atoms with E-state index in [1.165, 1.54) is 18.7 Å². The minimum absolute atomic E-state index is 0.222. The zero-order chi connectivity index (χ0) is 15.4. The third-order valence-electron chi connectivity index (χ3n) is 2.38. The van der Waals surface area contributed by atoms with Crippen molar-refractivity contribution in [1.82, 2.24) is 0 Å². The summed E-state index contributed by atoms with van der Waals surface area (Å²) < 4.78 is 9.09. The van der Waals surface area contributed by atoms with E-state index in [0.717, 1.165) is 6.08 Å². The van der Waals surface area contributed by atoms with Gasteiger partial charge in [0.1, 0.15) is 0 Å². The fourth-order valence-corrected chi connectivity index (χ4v) is 1.23. The summed E-state index contributed by atoms with van der Waals surface area (Å²) in [5.74, 6) is -0.539. The van der Waals surface area contributed by atoms with Crippen LogP contribution in [0.5, 0.6) is 0 Å². The van der Waals surface area contributed by atoms with Crippen LogP contribution in [0.15, 0.2) is 55.6 Å². The summed E-state index contributed by atoms with van der Waals surface area (Å²) in [6, 6.07) is 9.95. The highest BCUT2D eigenvalue weighted by Crippen LogP contribution is 2.14. The Hall–Kier alpha value is -2.36. The van der Waals surface area contributed by atoms with E-state index in [4.69, 9.17) is 4.74 Å². The van der Waals surface area contributed by atoms with Gasteiger partial charge in [-0.3, -0.25) is 0 Å². The van der Waals surface area contributed by atoms with Gasteiger partial charge < -0.3 is 9.47 Å². The molecule has 0 spiro atoms. The van der Waals surface area contributed by atoms with Gasteiger partial charge in [-0.05, 0) is 5.56 Å². The Kier molecular flexibility index (Phi) is 9.31. The number of esters is 2. The van der Waals surface area contributed by atoms with E-state index in [9.17, 15) is 9.59 Å². The first-order valence-electron chi connectivity index (χ1n) is 6.09. The molecule has 4 nitrogen and oxygen atoms in total. The van der Waals surface area contributed by atoms with Crippen LogP contribution in [0, 0.1) is 0 Å². The average molecular weight is 276 g/mol. The zero-order valence-electron chi connectivity index (χ0n) is 11.9. The molecule has 20 heavy (non-hydrogen) atoms. The van der Waals surface area contributed by atoms with Gasteiger partial charge in [-0.15, -0.1) is 0 Å². The molecular formula is C16H20O4. The normalized spacial score (nSPS) is 10.3. The molecule has 0 fully saturated rings. The average Bonchev–Trinajstić information content (AvgIpc) is 2.52. The van der Waals surface area contributed by atoms with Crippen LogP contribution < -0.4 is 0 Å². The summed E-state index contributed by atoms with van der Waals surface area (Å²) in [7, 11) is 1.31. The lowest BCUT2D eigenvalue weighted by molar-refractivity contribution is -0.138. The lowest BCUT2D eigenvalue weighted by Gasteiger charge is -2.10. The first-order valence-corrected chi connectivity index (χ1v) is 6.09. The minimum Gasteiger partial charge on any atom is -0.466 e. The smallest absolute Gasteiger partial charge is 0.330 e. The summed E-state index contributed by atoms with van der Waals surface area (Å²) in [6.45, 7) is 8.91. The molecule has 1 unspecified atom stereocenters. The van der Waals surface area contributed by atoms with Gasteiger partial charge in [0.05, 0.1) is 13.7 Å². The van der Waals surface area contributed by atoms with Crippen molar-refractivity contribution >= 4 is 11.9 Å². The van der Waals surface area contributed by atoms with Crippen molar-refractivity contribution in [2.24, 2.45) is 0 Å². The maximum Gasteiger partial charge on any atom is 0.330 e. The zero-order valence-corrected chi connectivity index (χ0v) is 11.9. The van der Waals surface area contributed by atoms with E-state index in [1.54, 1.807) is 0 Å². The highest BCUT2D eigenvalue weighted by atomic mass is 16.5. The predicted octanol–water partition coefficient (Wildman–Crippen LogP) is 2.86. The van der Waals surface area contributed by atoms with Crippen LogP contribution in [-0.2, 0) is 19.1 Å². The van der Waals surface area contributed by atoms with Crippen LogP contribution in [0.2, 0.25) is 0 Å². The molecule has 0 heterocycles. The lowest BCUT2D eigenvalue weighted by Crippen LogP contribution is -2.08. The van der Waals surface area contributed by atoms with Crippen molar-refractivity contribution in [3.05, 3.63) is 61.2 Å². The van der Waals surface area contributed by atoms with Crippen LogP contribution in [-0.4, -0.2) is 25.7 Å². The topological polar surface area (TPSA) is 52.6 Å². The molecule has 0 aliphatic carbocycles. The van der Waals surface area contributed by atoms with E-state index in [2.05, 4.69) is 17.9 Å². The standard InChI is InChI=1S/C12H14O2.C4H6O2/c1-3-12(13)14-9-10(2)11-7-5-4-6-8-11;1-3-4(5)6-2/h3-8,10H,1,9H2,2H3;3H,1H2,2H3. The number of ether oxygens (including phenoxy) is 2. The molecule has 0 aliphatic heterocycles.